The molecule has 2 saturated heterocycles. The summed E-state index contributed by atoms with van der Waals surface area (Å²) in [6.07, 6.45) is 4.32. The summed E-state index contributed by atoms with van der Waals surface area (Å²) in [5.74, 6) is 0.863. The van der Waals surface area contributed by atoms with Gasteiger partial charge < -0.3 is 10.1 Å². The molecule has 0 aromatic rings. The summed E-state index contributed by atoms with van der Waals surface area (Å²) < 4.78 is 5.71. The Morgan fingerprint density at radius 3 is 2.16 bits per heavy atom. The van der Waals surface area contributed by atoms with Crippen LogP contribution >= 0.6 is 0 Å². The fourth-order valence-corrected chi connectivity index (χ4v) is 4.97. The van der Waals surface area contributed by atoms with Gasteiger partial charge in [-0.15, -0.1) is 0 Å². The van der Waals surface area contributed by atoms with Gasteiger partial charge in [-0.3, -0.25) is 9.80 Å². The van der Waals surface area contributed by atoms with Gasteiger partial charge in [0, 0.05) is 38.3 Å². The summed E-state index contributed by atoms with van der Waals surface area (Å²) in [6.45, 7) is 23.3. The molecule has 0 amide bonds. The summed E-state index contributed by atoms with van der Waals surface area (Å²) in [7, 11) is 0. The number of nitrogens with one attached hydrogen (secondary N) is 1. The minimum absolute atomic E-state index is 0.287. The summed E-state index contributed by atoms with van der Waals surface area (Å²) in [6, 6.07) is 0. The summed E-state index contributed by atoms with van der Waals surface area (Å²) in [4.78, 5) is 5.29. The lowest BCUT2D eigenvalue weighted by molar-refractivity contribution is -0.00356. The van der Waals surface area contributed by atoms with Crippen LogP contribution in [-0.4, -0.2) is 73.9 Å². The molecule has 4 heteroatoms. The molecule has 2 aliphatic heterocycles. The second-order valence-corrected chi connectivity index (χ2v) is 9.75. The molecule has 0 unspecified atom stereocenters. The highest BCUT2D eigenvalue weighted by atomic mass is 16.5. The highest BCUT2D eigenvalue weighted by Gasteiger charge is 2.39. The van der Waals surface area contributed by atoms with Crippen molar-refractivity contribution in [2.24, 2.45) is 11.3 Å². The van der Waals surface area contributed by atoms with Crippen molar-refractivity contribution >= 4 is 0 Å². The third-order valence-corrected chi connectivity index (χ3v) is 6.42. The van der Waals surface area contributed by atoms with Gasteiger partial charge in [-0.25, -0.2) is 0 Å². The molecule has 0 bridgehead atoms. The zero-order valence-corrected chi connectivity index (χ0v) is 17.7. The quantitative estimate of drug-likeness (QED) is 0.725. The zero-order chi connectivity index (χ0) is 18.5. The Hall–Kier alpha value is -0.160. The lowest BCUT2D eigenvalue weighted by Gasteiger charge is -2.49. The van der Waals surface area contributed by atoms with Crippen LogP contribution in [0.5, 0.6) is 0 Å². The standard InChI is InChI=1S/C21H43N3O/c1-18(2)25-16-15-23-11-13-24(14-12-23)21(5,6)17-20(3,4)19-7-9-22-10-8-19/h18-19,22H,7-17H2,1-6H3. The van der Waals surface area contributed by atoms with Gasteiger partial charge in [0.05, 0.1) is 12.7 Å². The average Bonchev–Trinajstić information content (AvgIpc) is 2.55. The highest BCUT2D eigenvalue weighted by molar-refractivity contribution is 4.93. The first-order valence-electron chi connectivity index (χ1n) is 10.5. The largest absolute Gasteiger partial charge is 0.377 e. The lowest BCUT2D eigenvalue weighted by Crippen LogP contribution is -2.56. The van der Waals surface area contributed by atoms with Crippen molar-refractivity contribution in [3.8, 4) is 0 Å². The van der Waals surface area contributed by atoms with Gasteiger partial charge in [-0.2, -0.15) is 0 Å². The normalized spacial score (nSPS) is 22.7. The molecule has 0 spiro atoms. The Kier molecular flexibility index (Phi) is 7.75. The monoisotopic (exact) mass is 353 g/mol. The van der Waals surface area contributed by atoms with Gasteiger partial charge in [-0.05, 0) is 71.4 Å². The Labute approximate surface area is 156 Å². The molecule has 148 valence electrons. The first kappa shape index (κ1) is 21.1. The van der Waals surface area contributed by atoms with E-state index in [-0.39, 0.29) is 5.54 Å². The van der Waals surface area contributed by atoms with Gasteiger partial charge in [0.25, 0.3) is 0 Å². The molecule has 0 aromatic carbocycles. The number of hydrogen-bond donors (Lipinski definition) is 1. The van der Waals surface area contributed by atoms with Gasteiger partial charge in [-0.1, -0.05) is 13.8 Å². The molecule has 4 nitrogen and oxygen atoms in total. The minimum Gasteiger partial charge on any atom is -0.377 e. The third-order valence-electron chi connectivity index (χ3n) is 6.42. The smallest absolute Gasteiger partial charge is 0.0596 e. The minimum atomic E-state index is 0.287. The van der Waals surface area contributed by atoms with Gasteiger partial charge in [0.1, 0.15) is 0 Å². The molecule has 2 aliphatic rings. The Morgan fingerprint density at radius 1 is 1.00 bits per heavy atom. The van der Waals surface area contributed by atoms with E-state index in [0.29, 0.717) is 11.5 Å². The van der Waals surface area contributed by atoms with E-state index in [0.717, 1.165) is 19.1 Å². The lowest BCUT2D eigenvalue weighted by atomic mass is 9.67. The molecule has 2 fully saturated rings. The molecule has 0 saturated carbocycles. The van der Waals surface area contributed by atoms with E-state index in [4.69, 9.17) is 4.74 Å². The summed E-state index contributed by atoms with van der Waals surface area (Å²) in [5, 5.41) is 3.52. The summed E-state index contributed by atoms with van der Waals surface area (Å²) >= 11 is 0. The maximum atomic E-state index is 5.71. The Balaban J connectivity index is 1.80. The van der Waals surface area contributed by atoms with Crippen molar-refractivity contribution in [2.75, 3.05) is 52.4 Å². The first-order chi connectivity index (χ1) is 11.7. The highest BCUT2D eigenvalue weighted by Crippen LogP contribution is 2.41. The van der Waals surface area contributed by atoms with Crippen LogP contribution in [0.2, 0.25) is 0 Å². The first-order valence-corrected chi connectivity index (χ1v) is 10.5. The molecule has 0 atom stereocenters. The number of ether oxygens (including phenoxy) is 1. The molecule has 0 radical (unpaired) electrons. The third kappa shape index (κ3) is 6.50. The van der Waals surface area contributed by atoms with Crippen molar-refractivity contribution in [2.45, 2.75) is 72.4 Å². The van der Waals surface area contributed by atoms with Crippen molar-refractivity contribution in [1.29, 1.82) is 0 Å². The molecular formula is C21H43N3O. The summed E-state index contributed by atoms with van der Waals surface area (Å²) in [5.41, 5.74) is 0.711. The molecule has 2 heterocycles. The fraction of sp³-hybridized carbons (Fsp3) is 1.00. The maximum Gasteiger partial charge on any atom is 0.0596 e. The number of nitrogens with zero attached hydrogens (tertiary/aromatic N) is 2. The van der Waals surface area contributed by atoms with Crippen LogP contribution < -0.4 is 5.32 Å². The molecule has 0 aromatic heterocycles. The van der Waals surface area contributed by atoms with E-state index < -0.39 is 0 Å². The SMILES string of the molecule is CC(C)OCCN1CCN(C(C)(C)CC(C)(C)C2CCNCC2)CC1. The molecule has 1 N–H and O–H groups in total. The predicted octanol–water partition coefficient (Wildman–Crippen LogP) is 3.22. The number of rotatable bonds is 8. The van der Waals surface area contributed by atoms with Crippen molar-refractivity contribution in [1.82, 2.24) is 15.1 Å². The van der Waals surface area contributed by atoms with Crippen molar-refractivity contribution in [3.05, 3.63) is 0 Å². The molecular weight excluding hydrogens is 310 g/mol. The maximum absolute atomic E-state index is 5.71. The molecule has 2 rings (SSSR count). The average molecular weight is 354 g/mol. The fourth-order valence-electron chi connectivity index (χ4n) is 4.97. The van der Waals surface area contributed by atoms with Crippen molar-refractivity contribution < 1.29 is 4.74 Å². The van der Waals surface area contributed by atoms with Crippen LogP contribution in [-0.2, 0) is 4.74 Å². The van der Waals surface area contributed by atoms with Crippen LogP contribution in [0.4, 0.5) is 0 Å². The van der Waals surface area contributed by atoms with Crippen LogP contribution in [0.25, 0.3) is 0 Å². The van der Waals surface area contributed by atoms with E-state index in [1.165, 1.54) is 58.5 Å². The van der Waals surface area contributed by atoms with Gasteiger partial charge in [0.15, 0.2) is 0 Å². The topological polar surface area (TPSA) is 27.7 Å². The predicted molar refractivity (Wildman–Crippen MR) is 107 cm³/mol. The van der Waals surface area contributed by atoms with Crippen LogP contribution in [0.3, 0.4) is 0 Å². The second kappa shape index (κ2) is 9.16. The van der Waals surface area contributed by atoms with Crippen molar-refractivity contribution in [3.63, 3.8) is 0 Å². The van der Waals surface area contributed by atoms with E-state index in [1.54, 1.807) is 0 Å². The van der Waals surface area contributed by atoms with E-state index >= 15 is 0 Å². The number of hydrogen-bond acceptors (Lipinski definition) is 4. The van der Waals surface area contributed by atoms with Crippen LogP contribution in [0.15, 0.2) is 0 Å². The molecule has 0 aliphatic carbocycles. The van der Waals surface area contributed by atoms with Crippen LogP contribution in [0.1, 0.15) is 60.8 Å². The number of piperidine rings is 1. The van der Waals surface area contributed by atoms with E-state index in [2.05, 4.69) is 56.7 Å². The van der Waals surface area contributed by atoms with Gasteiger partial charge >= 0.3 is 0 Å². The zero-order valence-electron chi connectivity index (χ0n) is 17.7. The second-order valence-electron chi connectivity index (χ2n) is 9.75. The number of piperazine rings is 1. The molecule has 25 heavy (non-hydrogen) atoms. The van der Waals surface area contributed by atoms with E-state index in [1.807, 2.05) is 0 Å². The van der Waals surface area contributed by atoms with Gasteiger partial charge in [0.2, 0.25) is 0 Å². The Morgan fingerprint density at radius 2 is 1.60 bits per heavy atom. The van der Waals surface area contributed by atoms with E-state index in [9.17, 15) is 0 Å². The van der Waals surface area contributed by atoms with Crippen LogP contribution in [0, 0.1) is 11.3 Å². The Bertz CT molecular complexity index is 381.